The number of nitriles is 1. The van der Waals surface area contributed by atoms with Crippen LogP contribution in [0.15, 0.2) is 47.5 Å². The molecule has 2 aromatic carbocycles. The number of amides is 2. The summed E-state index contributed by atoms with van der Waals surface area (Å²) in [7, 11) is 1.60. The van der Waals surface area contributed by atoms with Gasteiger partial charge in [0.15, 0.2) is 0 Å². The molecule has 0 aliphatic carbocycles. The molecule has 0 saturated heterocycles. The van der Waals surface area contributed by atoms with Crippen LogP contribution in [0.25, 0.3) is 0 Å². The van der Waals surface area contributed by atoms with E-state index in [0.717, 1.165) is 0 Å². The maximum Gasteiger partial charge on any atom is 0.254 e. The highest BCUT2D eigenvalue weighted by atomic mass is 35.5. The van der Waals surface area contributed by atoms with E-state index in [4.69, 9.17) is 17.0 Å². The van der Waals surface area contributed by atoms with Gasteiger partial charge in [-0.15, -0.1) is 0 Å². The molecular weight excluding hydrogens is 438 g/mol. The van der Waals surface area contributed by atoms with E-state index < -0.39 is 17.9 Å². The largest absolute Gasteiger partial charge is 0.333 e. The quantitative estimate of drug-likeness (QED) is 0.594. The molecule has 33 heavy (non-hydrogen) atoms. The normalized spacial score (nSPS) is 18.7. The molecule has 0 radical (unpaired) electrons. The molecule has 0 fully saturated rings. The first-order chi connectivity index (χ1) is 15.8. The van der Waals surface area contributed by atoms with Crippen LogP contribution < -0.4 is 5.32 Å². The lowest BCUT2D eigenvalue weighted by molar-refractivity contribution is -0.119. The number of nitrogens with zero attached hydrogens (tertiary/aromatic N) is 3. The van der Waals surface area contributed by atoms with Gasteiger partial charge in [-0.2, -0.15) is 5.26 Å². The van der Waals surface area contributed by atoms with Crippen LogP contribution in [0.1, 0.15) is 41.3 Å². The fourth-order valence-corrected chi connectivity index (χ4v) is 4.52. The summed E-state index contributed by atoms with van der Waals surface area (Å²) >= 11 is 6.12. The molecule has 3 atom stereocenters. The number of benzene rings is 2. The molecule has 0 aromatic heterocycles. The van der Waals surface area contributed by atoms with Crippen molar-refractivity contribution in [2.24, 2.45) is 16.8 Å². The van der Waals surface area contributed by atoms with Gasteiger partial charge in [0.1, 0.15) is 0 Å². The molecule has 0 bridgehead atoms. The Morgan fingerprint density at radius 1 is 1.33 bits per heavy atom. The van der Waals surface area contributed by atoms with Gasteiger partial charge < -0.3 is 20.6 Å². The number of hydrogen-bond donors (Lipinski definition) is 2. The standard InChI is InChI=1S/C25H26ClN5O2/c1-15(2)14-31-23(17(12-28)13-29-3)22(20-6-4-5-7-21(20)25(31)33)24(32)30-19-9-16(11-27)8-18(26)10-19/h4-10,12-13,15,17,22-23,28H,14H2,1-3H3,(H,30,32). The van der Waals surface area contributed by atoms with Gasteiger partial charge in [-0.05, 0) is 35.7 Å². The summed E-state index contributed by atoms with van der Waals surface area (Å²) in [6.07, 6.45) is 2.82. The second-order valence-electron chi connectivity index (χ2n) is 8.39. The van der Waals surface area contributed by atoms with Gasteiger partial charge >= 0.3 is 0 Å². The van der Waals surface area contributed by atoms with E-state index in [1.54, 1.807) is 54.6 Å². The molecule has 1 heterocycles. The molecule has 8 heteroatoms. The predicted octanol–water partition coefficient (Wildman–Crippen LogP) is 4.38. The van der Waals surface area contributed by atoms with Gasteiger partial charge in [0.2, 0.25) is 5.91 Å². The fraction of sp³-hybridized carbons (Fsp3) is 0.320. The van der Waals surface area contributed by atoms with Crippen molar-refractivity contribution in [1.29, 1.82) is 10.7 Å². The second kappa shape index (κ2) is 10.4. The average Bonchev–Trinajstić information content (AvgIpc) is 2.78. The van der Waals surface area contributed by atoms with E-state index in [-0.39, 0.29) is 17.7 Å². The Kier molecular flexibility index (Phi) is 7.62. The number of anilines is 1. The first-order valence-corrected chi connectivity index (χ1v) is 11.0. The summed E-state index contributed by atoms with van der Waals surface area (Å²) in [5, 5.41) is 20.5. The Hall–Kier alpha value is -3.50. The molecule has 7 nitrogen and oxygen atoms in total. The highest BCUT2D eigenvalue weighted by molar-refractivity contribution is 6.31. The smallest absolute Gasteiger partial charge is 0.254 e. The molecule has 2 N–H and O–H groups in total. The van der Waals surface area contributed by atoms with Crippen molar-refractivity contribution < 1.29 is 9.59 Å². The summed E-state index contributed by atoms with van der Waals surface area (Å²) in [5.74, 6) is -1.68. The van der Waals surface area contributed by atoms with E-state index in [9.17, 15) is 14.9 Å². The van der Waals surface area contributed by atoms with Crippen molar-refractivity contribution in [2.75, 3.05) is 18.9 Å². The zero-order valence-electron chi connectivity index (χ0n) is 18.7. The highest BCUT2D eigenvalue weighted by Gasteiger charge is 2.46. The van der Waals surface area contributed by atoms with Crippen LogP contribution in [0.2, 0.25) is 5.02 Å². The molecule has 3 rings (SSSR count). The molecule has 2 aromatic rings. The number of carbonyl (C=O) groups excluding carboxylic acids is 2. The molecule has 1 aliphatic heterocycles. The molecule has 2 amide bonds. The Labute approximate surface area is 198 Å². The Morgan fingerprint density at radius 3 is 2.70 bits per heavy atom. The number of hydrogen-bond acceptors (Lipinski definition) is 5. The number of halogens is 1. The van der Waals surface area contributed by atoms with Crippen molar-refractivity contribution in [3.8, 4) is 6.07 Å². The van der Waals surface area contributed by atoms with E-state index in [1.165, 1.54) is 12.3 Å². The monoisotopic (exact) mass is 463 g/mol. The van der Waals surface area contributed by atoms with Crippen LogP contribution in [-0.4, -0.2) is 48.8 Å². The van der Waals surface area contributed by atoms with E-state index in [1.807, 2.05) is 19.9 Å². The van der Waals surface area contributed by atoms with Gasteiger partial charge in [0.25, 0.3) is 5.91 Å². The minimum absolute atomic E-state index is 0.154. The van der Waals surface area contributed by atoms with E-state index in [0.29, 0.717) is 33.9 Å². The topological polar surface area (TPSA) is 109 Å². The van der Waals surface area contributed by atoms with Gasteiger partial charge in [0.05, 0.1) is 29.5 Å². The third-order valence-corrected chi connectivity index (χ3v) is 5.75. The SMILES string of the molecule is CN=CC(C=N)C1C(C(=O)Nc2cc(Cl)cc(C#N)c2)c2ccccc2C(=O)N1CC(C)C. The third kappa shape index (κ3) is 5.12. The number of rotatable bonds is 7. The third-order valence-electron chi connectivity index (χ3n) is 5.54. The van der Waals surface area contributed by atoms with Crippen molar-refractivity contribution in [3.05, 3.63) is 64.2 Å². The molecule has 170 valence electrons. The maximum atomic E-state index is 13.7. The minimum atomic E-state index is -0.758. The van der Waals surface area contributed by atoms with E-state index in [2.05, 4.69) is 10.3 Å². The lowest BCUT2D eigenvalue weighted by atomic mass is 9.76. The van der Waals surface area contributed by atoms with E-state index >= 15 is 0 Å². The minimum Gasteiger partial charge on any atom is -0.333 e. The Balaban J connectivity index is 2.14. The van der Waals surface area contributed by atoms with Crippen LogP contribution in [0, 0.1) is 28.6 Å². The van der Waals surface area contributed by atoms with Gasteiger partial charge in [-0.1, -0.05) is 43.6 Å². The second-order valence-corrected chi connectivity index (χ2v) is 8.82. The summed E-state index contributed by atoms with van der Waals surface area (Å²) in [4.78, 5) is 33.0. The van der Waals surface area contributed by atoms with Crippen LogP contribution in [0.5, 0.6) is 0 Å². The first kappa shape index (κ1) is 24.1. The van der Waals surface area contributed by atoms with Crippen molar-refractivity contribution in [2.45, 2.75) is 25.8 Å². The van der Waals surface area contributed by atoms with Gasteiger partial charge in [-0.25, -0.2) is 0 Å². The molecule has 0 spiro atoms. The van der Waals surface area contributed by atoms with Crippen LogP contribution in [-0.2, 0) is 4.79 Å². The maximum absolute atomic E-state index is 13.7. The lowest BCUT2D eigenvalue weighted by Gasteiger charge is -2.44. The van der Waals surface area contributed by atoms with Gasteiger partial charge in [-0.3, -0.25) is 9.59 Å². The molecular formula is C25H26ClN5O2. The molecule has 3 unspecified atom stereocenters. The fourth-order valence-electron chi connectivity index (χ4n) is 4.29. The Bertz CT molecular complexity index is 1140. The summed E-state index contributed by atoms with van der Waals surface area (Å²) in [5.41, 5.74) is 1.79. The first-order valence-electron chi connectivity index (χ1n) is 10.6. The zero-order chi connectivity index (χ0) is 24.1. The summed E-state index contributed by atoms with van der Waals surface area (Å²) in [6.45, 7) is 4.44. The molecule has 0 saturated carbocycles. The van der Waals surface area contributed by atoms with Gasteiger partial charge in [0, 0.05) is 42.3 Å². The average molecular weight is 464 g/mol. The number of nitrogens with one attached hydrogen (secondary N) is 2. The van der Waals surface area contributed by atoms with Crippen molar-refractivity contribution >= 4 is 41.5 Å². The summed E-state index contributed by atoms with van der Waals surface area (Å²) in [6, 6.07) is 13.1. The van der Waals surface area contributed by atoms with Crippen LogP contribution in [0.4, 0.5) is 5.69 Å². The van der Waals surface area contributed by atoms with Crippen molar-refractivity contribution in [1.82, 2.24) is 4.90 Å². The molecule has 1 aliphatic rings. The van der Waals surface area contributed by atoms with Crippen LogP contribution in [0.3, 0.4) is 0 Å². The number of aliphatic imine (C=N–C) groups is 1. The predicted molar refractivity (Wildman–Crippen MR) is 130 cm³/mol. The summed E-state index contributed by atoms with van der Waals surface area (Å²) < 4.78 is 0. The van der Waals surface area contributed by atoms with Crippen molar-refractivity contribution in [3.63, 3.8) is 0 Å². The Morgan fingerprint density at radius 2 is 2.06 bits per heavy atom. The number of fused-ring (bicyclic) bond motifs is 1. The van der Waals surface area contributed by atoms with Crippen LogP contribution >= 0.6 is 11.6 Å². The zero-order valence-corrected chi connectivity index (χ0v) is 19.5. The highest BCUT2D eigenvalue weighted by Crippen LogP contribution is 2.38. The lowest BCUT2D eigenvalue weighted by Crippen LogP contribution is -2.56. The number of carbonyl (C=O) groups is 2.